The largest absolute Gasteiger partial charge is 0.493 e. The SMILES string of the molecule is COc1cc(C=O)cc(Br)c1OCCCc1ccccc1. The molecule has 2 rings (SSSR count). The first-order valence-electron chi connectivity index (χ1n) is 6.74. The van der Waals surface area contributed by atoms with Crippen LogP contribution in [0.3, 0.4) is 0 Å². The molecule has 0 aliphatic rings. The minimum atomic E-state index is 0.551. The minimum Gasteiger partial charge on any atom is -0.493 e. The average molecular weight is 349 g/mol. The Hall–Kier alpha value is -1.81. The molecule has 0 heterocycles. The molecule has 0 N–H and O–H groups in total. The first kappa shape index (κ1) is 15.6. The van der Waals surface area contributed by atoms with E-state index < -0.39 is 0 Å². The molecule has 0 saturated heterocycles. The van der Waals surface area contributed by atoms with Gasteiger partial charge in [-0.25, -0.2) is 0 Å². The van der Waals surface area contributed by atoms with Gasteiger partial charge in [-0.05, 0) is 46.5 Å². The summed E-state index contributed by atoms with van der Waals surface area (Å²) in [6.45, 7) is 0.588. The maximum absolute atomic E-state index is 10.8. The molecule has 0 radical (unpaired) electrons. The van der Waals surface area contributed by atoms with Crippen LogP contribution in [0.15, 0.2) is 46.9 Å². The number of carbonyl (C=O) groups is 1. The van der Waals surface area contributed by atoms with Crippen molar-refractivity contribution in [3.05, 3.63) is 58.1 Å². The van der Waals surface area contributed by atoms with Gasteiger partial charge in [0.05, 0.1) is 18.2 Å². The Morgan fingerprint density at radius 1 is 1.19 bits per heavy atom. The van der Waals surface area contributed by atoms with E-state index >= 15 is 0 Å². The van der Waals surface area contributed by atoms with Crippen LogP contribution in [0.2, 0.25) is 0 Å². The second kappa shape index (κ2) is 7.84. The van der Waals surface area contributed by atoms with Gasteiger partial charge >= 0.3 is 0 Å². The number of halogens is 1. The molecule has 2 aromatic rings. The molecule has 0 fully saturated rings. The van der Waals surface area contributed by atoms with Crippen LogP contribution in [-0.4, -0.2) is 20.0 Å². The zero-order valence-corrected chi connectivity index (χ0v) is 13.4. The Bertz CT molecular complexity index is 596. The summed E-state index contributed by atoms with van der Waals surface area (Å²) in [4.78, 5) is 10.8. The van der Waals surface area contributed by atoms with Gasteiger partial charge in [0, 0.05) is 5.56 Å². The highest BCUT2D eigenvalue weighted by molar-refractivity contribution is 9.10. The fourth-order valence-electron chi connectivity index (χ4n) is 2.04. The second-order valence-electron chi connectivity index (χ2n) is 4.59. The molecule has 110 valence electrons. The van der Waals surface area contributed by atoms with Crippen LogP contribution in [0.1, 0.15) is 22.3 Å². The van der Waals surface area contributed by atoms with Gasteiger partial charge in [-0.2, -0.15) is 0 Å². The van der Waals surface area contributed by atoms with E-state index in [1.807, 2.05) is 18.2 Å². The molecule has 2 aromatic carbocycles. The zero-order valence-electron chi connectivity index (χ0n) is 11.8. The van der Waals surface area contributed by atoms with Crippen molar-refractivity contribution in [1.82, 2.24) is 0 Å². The minimum absolute atomic E-state index is 0.551. The molecule has 0 aliphatic carbocycles. The highest BCUT2D eigenvalue weighted by Gasteiger charge is 2.11. The molecule has 0 aliphatic heterocycles. The molecule has 21 heavy (non-hydrogen) atoms. The topological polar surface area (TPSA) is 35.5 Å². The lowest BCUT2D eigenvalue weighted by Crippen LogP contribution is -2.02. The van der Waals surface area contributed by atoms with Gasteiger partial charge in [0.2, 0.25) is 0 Å². The van der Waals surface area contributed by atoms with E-state index in [0.29, 0.717) is 23.7 Å². The van der Waals surface area contributed by atoms with Crippen LogP contribution < -0.4 is 9.47 Å². The number of carbonyl (C=O) groups excluding carboxylic acids is 1. The molecular weight excluding hydrogens is 332 g/mol. The van der Waals surface area contributed by atoms with E-state index in [4.69, 9.17) is 9.47 Å². The summed E-state index contributed by atoms with van der Waals surface area (Å²) in [6.07, 6.45) is 2.66. The summed E-state index contributed by atoms with van der Waals surface area (Å²) >= 11 is 3.41. The molecule has 3 nitrogen and oxygen atoms in total. The fourth-order valence-corrected chi connectivity index (χ4v) is 2.62. The number of hydrogen-bond acceptors (Lipinski definition) is 3. The maximum Gasteiger partial charge on any atom is 0.175 e. The van der Waals surface area contributed by atoms with Crippen molar-refractivity contribution in [2.45, 2.75) is 12.8 Å². The standard InChI is InChI=1S/C17H17BrO3/c1-20-16-11-14(12-19)10-15(18)17(16)21-9-5-8-13-6-3-2-4-7-13/h2-4,6-7,10-12H,5,8-9H2,1H3. The van der Waals surface area contributed by atoms with E-state index in [1.165, 1.54) is 5.56 Å². The number of benzene rings is 2. The number of methoxy groups -OCH3 is 1. The fraction of sp³-hybridized carbons (Fsp3) is 0.235. The van der Waals surface area contributed by atoms with Gasteiger partial charge in [0.1, 0.15) is 6.29 Å². The van der Waals surface area contributed by atoms with Crippen molar-refractivity contribution in [3.63, 3.8) is 0 Å². The number of aldehydes is 1. The molecular formula is C17H17BrO3. The average Bonchev–Trinajstić information content (AvgIpc) is 2.53. The Morgan fingerprint density at radius 2 is 1.95 bits per heavy atom. The van der Waals surface area contributed by atoms with Crippen molar-refractivity contribution >= 4 is 22.2 Å². The summed E-state index contributed by atoms with van der Waals surface area (Å²) in [6, 6.07) is 13.7. The monoisotopic (exact) mass is 348 g/mol. The van der Waals surface area contributed by atoms with Crippen molar-refractivity contribution in [2.24, 2.45) is 0 Å². The van der Waals surface area contributed by atoms with Crippen LogP contribution in [0.4, 0.5) is 0 Å². The summed E-state index contributed by atoms with van der Waals surface area (Å²) in [5.74, 6) is 1.20. The van der Waals surface area contributed by atoms with Gasteiger partial charge in [-0.3, -0.25) is 4.79 Å². The molecule has 0 atom stereocenters. The summed E-state index contributed by atoms with van der Waals surface area (Å²) in [7, 11) is 1.56. The zero-order chi connectivity index (χ0) is 15.1. The molecule has 0 unspecified atom stereocenters. The third-order valence-corrected chi connectivity index (χ3v) is 3.68. The normalized spacial score (nSPS) is 10.2. The van der Waals surface area contributed by atoms with E-state index in [9.17, 15) is 4.79 Å². The Balaban J connectivity index is 1.95. The lowest BCUT2D eigenvalue weighted by atomic mass is 10.1. The van der Waals surface area contributed by atoms with E-state index in [-0.39, 0.29) is 0 Å². The summed E-state index contributed by atoms with van der Waals surface area (Å²) < 4.78 is 11.8. The van der Waals surface area contributed by atoms with E-state index in [2.05, 4.69) is 28.1 Å². The van der Waals surface area contributed by atoms with Crippen LogP contribution in [0.5, 0.6) is 11.5 Å². The third kappa shape index (κ3) is 4.33. The number of hydrogen-bond donors (Lipinski definition) is 0. The van der Waals surface area contributed by atoms with Crippen molar-refractivity contribution < 1.29 is 14.3 Å². The summed E-state index contributed by atoms with van der Waals surface area (Å²) in [5, 5.41) is 0. The van der Waals surface area contributed by atoms with Crippen LogP contribution in [0, 0.1) is 0 Å². The van der Waals surface area contributed by atoms with Crippen molar-refractivity contribution in [2.75, 3.05) is 13.7 Å². The Kier molecular flexibility index (Phi) is 5.81. The molecule has 0 saturated carbocycles. The van der Waals surface area contributed by atoms with Crippen molar-refractivity contribution in [1.29, 1.82) is 0 Å². The van der Waals surface area contributed by atoms with Gasteiger partial charge in [0.15, 0.2) is 11.5 Å². The Morgan fingerprint density at radius 3 is 2.62 bits per heavy atom. The quantitative estimate of drug-likeness (QED) is 0.553. The number of rotatable bonds is 7. The highest BCUT2D eigenvalue weighted by atomic mass is 79.9. The van der Waals surface area contributed by atoms with Gasteiger partial charge in [0.25, 0.3) is 0 Å². The number of aryl methyl sites for hydroxylation is 1. The predicted octanol–water partition coefficient (Wildman–Crippen LogP) is 4.28. The van der Waals surface area contributed by atoms with E-state index in [1.54, 1.807) is 19.2 Å². The maximum atomic E-state index is 10.8. The van der Waals surface area contributed by atoms with Crippen molar-refractivity contribution in [3.8, 4) is 11.5 Å². The van der Waals surface area contributed by atoms with Crippen LogP contribution in [-0.2, 0) is 6.42 Å². The number of ether oxygens (including phenoxy) is 2. The highest BCUT2D eigenvalue weighted by Crippen LogP contribution is 2.36. The second-order valence-corrected chi connectivity index (χ2v) is 5.44. The predicted molar refractivity (Wildman–Crippen MR) is 86.3 cm³/mol. The van der Waals surface area contributed by atoms with Gasteiger partial charge in [-0.15, -0.1) is 0 Å². The first-order chi connectivity index (χ1) is 10.2. The van der Waals surface area contributed by atoms with Crippen LogP contribution >= 0.6 is 15.9 Å². The lowest BCUT2D eigenvalue weighted by molar-refractivity contribution is 0.112. The summed E-state index contributed by atoms with van der Waals surface area (Å²) in [5.41, 5.74) is 1.85. The smallest absolute Gasteiger partial charge is 0.175 e. The van der Waals surface area contributed by atoms with Gasteiger partial charge < -0.3 is 9.47 Å². The molecule has 0 bridgehead atoms. The molecule has 0 spiro atoms. The molecule has 4 heteroatoms. The molecule has 0 amide bonds. The van der Waals surface area contributed by atoms with Crippen LogP contribution in [0.25, 0.3) is 0 Å². The first-order valence-corrected chi connectivity index (χ1v) is 7.53. The third-order valence-electron chi connectivity index (χ3n) is 3.09. The Labute approximate surface area is 133 Å². The van der Waals surface area contributed by atoms with E-state index in [0.717, 1.165) is 23.6 Å². The molecule has 0 aromatic heterocycles. The van der Waals surface area contributed by atoms with Gasteiger partial charge in [-0.1, -0.05) is 30.3 Å². The lowest BCUT2D eigenvalue weighted by Gasteiger charge is -2.13.